The first-order valence-electron chi connectivity index (χ1n) is 12.5. The van der Waals surface area contributed by atoms with Gasteiger partial charge >= 0.3 is 0 Å². The van der Waals surface area contributed by atoms with Crippen molar-refractivity contribution in [1.29, 1.82) is 0 Å². The predicted molar refractivity (Wildman–Crippen MR) is 136 cm³/mol. The Hall–Kier alpha value is -3.00. The van der Waals surface area contributed by atoms with E-state index in [1.54, 1.807) is 0 Å². The smallest absolute Gasteiger partial charge is 0.254 e. The van der Waals surface area contributed by atoms with Gasteiger partial charge in [0.2, 0.25) is 5.91 Å². The zero-order valence-corrected chi connectivity index (χ0v) is 20.8. The first-order chi connectivity index (χ1) is 16.9. The molecule has 0 spiro atoms. The Kier molecular flexibility index (Phi) is 6.49. The molecular weight excluding hydrogens is 466 g/mol. The van der Waals surface area contributed by atoms with Crippen LogP contribution in [0, 0.1) is 5.92 Å². The van der Waals surface area contributed by atoms with Crippen molar-refractivity contribution < 1.29 is 14.3 Å². The molecule has 8 nitrogen and oxygen atoms in total. The number of nitrogens with zero attached hydrogens (tertiary/aromatic N) is 3. The molecule has 9 heteroatoms. The number of benzene rings is 1. The lowest BCUT2D eigenvalue weighted by atomic mass is 9.87. The number of rotatable bonds is 7. The van der Waals surface area contributed by atoms with Gasteiger partial charge in [0.1, 0.15) is 22.8 Å². The maximum absolute atomic E-state index is 12.7. The van der Waals surface area contributed by atoms with E-state index in [2.05, 4.69) is 11.9 Å². The predicted octanol–water partition coefficient (Wildman–Crippen LogP) is 4.36. The van der Waals surface area contributed by atoms with E-state index in [0.717, 1.165) is 55.5 Å². The quantitative estimate of drug-likeness (QED) is 0.553. The van der Waals surface area contributed by atoms with Gasteiger partial charge in [-0.1, -0.05) is 18.2 Å². The number of likely N-dealkylation sites (tertiary alicyclic amines) is 1. The van der Waals surface area contributed by atoms with E-state index in [9.17, 15) is 9.59 Å². The summed E-state index contributed by atoms with van der Waals surface area (Å²) < 4.78 is 7.89. The fourth-order valence-corrected chi connectivity index (χ4v) is 5.95. The van der Waals surface area contributed by atoms with Crippen LogP contribution in [-0.2, 0) is 4.79 Å². The fourth-order valence-electron chi connectivity index (χ4n) is 5.58. The Labute approximate surface area is 210 Å². The van der Waals surface area contributed by atoms with E-state index in [-0.39, 0.29) is 11.9 Å². The Morgan fingerprint density at radius 2 is 2.00 bits per heavy atom. The second kappa shape index (κ2) is 9.57. The Morgan fingerprint density at radius 1 is 1.26 bits per heavy atom. The SMILES string of the molecule is C=CC(=O)N1CCC(C2CCNc3c(C(N)=O)c(-c4cc(Cl)c(C5CC5)c(OCC)c4)nn32)CC1. The van der Waals surface area contributed by atoms with E-state index in [1.807, 2.05) is 28.6 Å². The molecule has 1 atom stereocenters. The molecule has 3 heterocycles. The Morgan fingerprint density at radius 3 is 2.63 bits per heavy atom. The van der Waals surface area contributed by atoms with E-state index in [1.165, 1.54) is 6.08 Å². The number of hydrogen-bond donors (Lipinski definition) is 2. The van der Waals surface area contributed by atoms with E-state index in [4.69, 9.17) is 27.2 Å². The van der Waals surface area contributed by atoms with Crippen LogP contribution in [0.25, 0.3) is 11.3 Å². The molecule has 35 heavy (non-hydrogen) atoms. The lowest BCUT2D eigenvalue weighted by Gasteiger charge is -2.38. The van der Waals surface area contributed by atoms with Gasteiger partial charge in [0, 0.05) is 35.8 Å². The minimum atomic E-state index is -0.527. The number of fused-ring (bicyclic) bond motifs is 1. The molecule has 1 aliphatic carbocycles. The normalized spacial score (nSPS) is 20.2. The maximum atomic E-state index is 12.7. The minimum Gasteiger partial charge on any atom is -0.494 e. The van der Waals surface area contributed by atoms with E-state index in [0.29, 0.717) is 53.6 Å². The van der Waals surface area contributed by atoms with E-state index < -0.39 is 5.91 Å². The lowest BCUT2D eigenvalue weighted by molar-refractivity contribution is -0.127. The summed E-state index contributed by atoms with van der Waals surface area (Å²) in [6.07, 6.45) is 6.22. The highest BCUT2D eigenvalue weighted by Gasteiger charge is 2.36. The topological polar surface area (TPSA) is 102 Å². The summed E-state index contributed by atoms with van der Waals surface area (Å²) in [5, 5.41) is 8.94. The van der Waals surface area contributed by atoms with Crippen LogP contribution >= 0.6 is 11.6 Å². The summed E-state index contributed by atoms with van der Waals surface area (Å²) in [6.45, 7) is 8.19. The number of halogens is 1. The third kappa shape index (κ3) is 4.40. The largest absolute Gasteiger partial charge is 0.494 e. The number of amides is 2. The van der Waals surface area contributed by atoms with Crippen LogP contribution < -0.4 is 15.8 Å². The molecule has 1 unspecified atom stereocenters. The molecular formula is C26H32ClN5O3. The molecule has 1 saturated carbocycles. The summed E-state index contributed by atoms with van der Waals surface area (Å²) in [6, 6.07) is 3.94. The van der Waals surface area contributed by atoms with Gasteiger partial charge in [0.25, 0.3) is 5.91 Å². The van der Waals surface area contributed by atoms with Gasteiger partial charge in [0.05, 0.1) is 12.6 Å². The number of piperidine rings is 1. The number of hydrogen-bond acceptors (Lipinski definition) is 5. The molecule has 0 radical (unpaired) electrons. The van der Waals surface area contributed by atoms with Gasteiger partial charge in [-0.25, -0.2) is 4.68 Å². The number of nitrogens with two attached hydrogens (primary N) is 1. The second-order valence-corrected chi connectivity index (χ2v) is 10.0. The first-order valence-corrected chi connectivity index (χ1v) is 12.8. The van der Waals surface area contributed by atoms with Crippen LogP contribution in [0.2, 0.25) is 5.02 Å². The number of aromatic nitrogens is 2. The average molecular weight is 498 g/mol. The van der Waals surface area contributed by atoms with Crippen molar-refractivity contribution in [3.63, 3.8) is 0 Å². The van der Waals surface area contributed by atoms with Gasteiger partial charge in [0.15, 0.2) is 0 Å². The monoisotopic (exact) mass is 497 g/mol. The molecule has 1 aromatic heterocycles. The summed E-state index contributed by atoms with van der Waals surface area (Å²) >= 11 is 6.73. The summed E-state index contributed by atoms with van der Waals surface area (Å²) in [5.74, 6) is 1.63. The highest BCUT2D eigenvalue weighted by atomic mass is 35.5. The average Bonchev–Trinajstić information content (AvgIpc) is 3.60. The molecule has 2 fully saturated rings. The van der Waals surface area contributed by atoms with E-state index >= 15 is 0 Å². The number of primary amides is 1. The van der Waals surface area contributed by atoms with Crippen molar-refractivity contribution >= 4 is 29.2 Å². The van der Waals surface area contributed by atoms with Crippen molar-refractivity contribution in [2.75, 3.05) is 31.6 Å². The maximum Gasteiger partial charge on any atom is 0.254 e. The van der Waals surface area contributed by atoms with Crippen LogP contribution in [-0.4, -0.2) is 52.7 Å². The lowest BCUT2D eigenvalue weighted by Crippen LogP contribution is -2.41. The fraction of sp³-hybridized carbons (Fsp3) is 0.500. The Bertz CT molecular complexity index is 1160. The zero-order chi connectivity index (χ0) is 24.7. The van der Waals surface area contributed by atoms with Gasteiger partial charge in [-0.15, -0.1) is 0 Å². The van der Waals surface area contributed by atoms with Crippen molar-refractivity contribution in [2.24, 2.45) is 11.7 Å². The molecule has 1 saturated heterocycles. The number of anilines is 1. The molecule has 2 amide bonds. The zero-order valence-electron chi connectivity index (χ0n) is 20.1. The molecule has 186 valence electrons. The molecule has 3 aliphatic rings. The minimum absolute atomic E-state index is 0.0246. The number of carbonyl (C=O) groups excluding carboxylic acids is 2. The van der Waals surface area contributed by atoms with Crippen molar-refractivity contribution in [1.82, 2.24) is 14.7 Å². The molecule has 1 aromatic carbocycles. The van der Waals surface area contributed by atoms with Crippen LogP contribution in [0.15, 0.2) is 24.8 Å². The highest BCUT2D eigenvalue weighted by Crippen LogP contribution is 2.49. The molecule has 3 N–H and O–H groups in total. The highest BCUT2D eigenvalue weighted by molar-refractivity contribution is 6.32. The third-order valence-corrected chi connectivity index (χ3v) is 7.74. The van der Waals surface area contributed by atoms with Crippen molar-refractivity contribution in [3.8, 4) is 17.0 Å². The molecule has 0 bridgehead atoms. The summed E-state index contributed by atoms with van der Waals surface area (Å²) in [5.41, 5.74) is 8.56. The van der Waals surface area contributed by atoms with Crippen LogP contribution in [0.5, 0.6) is 5.75 Å². The third-order valence-electron chi connectivity index (χ3n) is 7.42. The number of nitrogens with one attached hydrogen (secondary N) is 1. The first kappa shape index (κ1) is 23.7. The van der Waals surface area contributed by atoms with Crippen LogP contribution in [0.1, 0.15) is 66.9 Å². The van der Waals surface area contributed by atoms with Crippen molar-refractivity contribution in [3.05, 3.63) is 40.9 Å². The standard InChI is InChI=1S/C26H32ClN5O3/c1-3-21(33)31-11-8-15(9-12-31)19-7-10-29-26-23(25(28)34)24(30-32(19)26)17-13-18(27)22(16-5-6-16)20(14-17)35-4-2/h3,13-16,19,29H,1,4-12H2,2H3,(H2,28,34). The van der Waals surface area contributed by atoms with Gasteiger partial charge in [-0.2, -0.15) is 5.10 Å². The van der Waals surface area contributed by atoms with Crippen molar-refractivity contribution in [2.45, 2.75) is 51.0 Å². The summed E-state index contributed by atoms with van der Waals surface area (Å²) in [4.78, 5) is 26.5. The molecule has 5 rings (SSSR count). The number of ether oxygens (including phenoxy) is 1. The van der Waals surface area contributed by atoms with Crippen LogP contribution in [0.3, 0.4) is 0 Å². The second-order valence-electron chi connectivity index (χ2n) is 9.61. The molecule has 2 aliphatic heterocycles. The van der Waals surface area contributed by atoms with Gasteiger partial charge < -0.3 is 20.7 Å². The number of carbonyl (C=O) groups is 2. The van der Waals surface area contributed by atoms with Gasteiger partial charge in [-0.3, -0.25) is 9.59 Å². The molecule has 2 aromatic rings. The van der Waals surface area contributed by atoms with Gasteiger partial charge in [-0.05, 0) is 69.1 Å². The summed E-state index contributed by atoms with van der Waals surface area (Å²) in [7, 11) is 0. The van der Waals surface area contributed by atoms with Crippen LogP contribution in [0.4, 0.5) is 5.82 Å². The Balaban J connectivity index is 1.52.